The minimum absolute atomic E-state index is 0.694. The summed E-state index contributed by atoms with van der Waals surface area (Å²) in [6, 6.07) is 0.694. The molecule has 0 aliphatic carbocycles. The summed E-state index contributed by atoms with van der Waals surface area (Å²) in [6.45, 7) is 2.24. The normalized spacial score (nSPS) is 13.0. The van der Waals surface area contributed by atoms with Gasteiger partial charge in [0.05, 0.1) is 5.01 Å². The highest BCUT2D eigenvalue weighted by Gasteiger charge is 2.04. The smallest absolute Gasteiger partial charge is 0.0924 e. The van der Waals surface area contributed by atoms with Crippen molar-refractivity contribution in [3.63, 3.8) is 0 Å². The van der Waals surface area contributed by atoms with Gasteiger partial charge in [-0.3, -0.25) is 0 Å². The summed E-state index contributed by atoms with van der Waals surface area (Å²) in [5.74, 6) is 0. The summed E-state index contributed by atoms with van der Waals surface area (Å²) < 4.78 is 0. The Morgan fingerprint density at radius 3 is 2.93 bits per heavy atom. The van der Waals surface area contributed by atoms with E-state index in [1.807, 2.05) is 6.20 Å². The number of thiazole rings is 1. The molecule has 1 aromatic rings. The SMILES string of the molecule is CCCC(CCCc1nccs1)NC. The fourth-order valence-corrected chi connectivity index (χ4v) is 2.32. The van der Waals surface area contributed by atoms with Gasteiger partial charge in [0.1, 0.15) is 0 Å². The summed E-state index contributed by atoms with van der Waals surface area (Å²) in [6.07, 6.45) is 8.10. The van der Waals surface area contributed by atoms with Crippen LogP contribution in [0.2, 0.25) is 0 Å². The van der Waals surface area contributed by atoms with Gasteiger partial charge in [0.15, 0.2) is 0 Å². The third-order valence-corrected chi connectivity index (χ3v) is 3.31. The zero-order chi connectivity index (χ0) is 10.2. The molecule has 0 saturated heterocycles. The zero-order valence-corrected chi connectivity index (χ0v) is 9.94. The summed E-state index contributed by atoms with van der Waals surface area (Å²) in [5.41, 5.74) is 0. The lowest BCUT2D eigenvalue weighted by atomic mass is 10.1. The van der Waals surface area contributed by atoms with Gasteiger partial charge in [-0.25, -0.2) is 4.98 Å². The molecule has 1 heterocycles. The molecule has 0 aliphatic heterocycles. The molecule has 2 nitrogen and oxygen atoms in total. The Labute approximate surface area is 90.8 Å². The molecule has 3 heteroatoms. The monoisotopic (exact) mass is 212 g/mol. The van der Waals surface area contributed by atoms with Gasteiger partial charge in [-0.15, -0.1) is 11.3 Å². The van der Waals surface area contributed by atoms with Crippen LogP contribution in [0.1, 0.15) is 37.6 Å². The van der Waals surface area contributed by atoms with Crippen LogP contribution < -0.4 is 5.32 Å². The molecular weight excluding hydrogens is 192 g/mol. The highest BCUT2D eigenvalue weighted by molar-refractivity contribution is 7.09. The molecule has 1 aromatic heterocycles. The van der Waals surface area contributed by atoms with Gasteiger partial charge in [-0.1, -0.05) is 13.3 Å². The first-order chi connectivity index (χ1) is 6.86. The first kappa shape index (κ1) is 11.7. The second-order valence-corrected chi connectivity index (χ2v) is 4.57. The van der Waals surface area contributed by atoms with Gasteiger partial charge in [-0.05, 0) is 32.7 Å². The van der Waals surface area contributed by atoms with Crippen molar-refractivity contribution >= 4 is 11.3 Å². The topological polar surface area (TPSA) is 24.9 Å². The fourth-order valence-electron chi connectivity index (χ4n) is 1.66. The van der Waals surface area contributed by atoms with Crippen LogP contribution in [0.25, 0.3) is 0 Å². The molecule has 0 bridgehead atoms. The third-order valence-electron chi connectivity index (χ3n) is 2.47. The van der Waals surface area contributed by atoms with Gasteiger partial charge in [-0.2, -0.15) is 0 Å². The molecule has 0 saturated carbocycles. The van der Waals surface area contributed by atoms with Crippen LogP contribution in [0.5, 0.6) is 0 Å². The standard InChI is InChI=1S/C11H20N2S/c1-3-5-10(12-2)6-4-7-11-13-8-9-14-11/h8-10,12H,3-7H2,1-2H3. The minimum Gasteiger partial charge on any atom is -0.317 e. The Morgan fingerprint density at radius 2 is 2.36 bits per heavy atom. The molecule has 1 atom stereocenters. The lowest BCUT2D eigenvalue weighted by Crippen LogP contribution is -2.24. The number of hydrogen-bond donors (Lipinski definition) is 1. The molecule has 0 spiro atoms. The molecule has 0 radical (unpaired) electrons. The van der Waals surface area contributed by atoms with Crippen molar-refractivity contribution in [2.24, 2.45) is 0 Å². The molecule has 1 unspecified atom stereocenters. The molecule has 0 aromatic carbocycles. The number of nitrogens with one attached hydrogen (secondary N) is 1. The molecule has 14 heavy (non-hydrogen) atoms. The average molecular weight is 212 g/mol. The van der Waals surface area contributed by atoms with Crippen molar-refractivity contribution in [2.45, 2.75) is 45.1 Å². The number of hydrogen-bond acceptors (Lipinski definition) is 3. The van der Waals surface area contributed by atoms with E-state index in [4.69, 9.17) is 0 Å². The summed E-state index contributed by atoms with van der Waals surface area (Å²) in [5, 5.41) is 6.69. The van der Waals surface area contributed by atoms with Crippen molar-refractivity contribution in [1.82, 2.24) is 10.3 Å². The number of rotatable bonds is 7. The fraction of sp³-hybridized carbons (Fsp3) is 0.727. The van der Waals surface area contributed by atoms with Crippen LogP contribution in [-0.2, 0) is 6.42 Å². The van der Waals surface area contributed by atoms with Crippen LogP contribution in [0.4, 0.5) is 0 Å². The van der Waals surface area contributed by atoms with E-state index < -0.39 is 0 Å². The first-order valence-corrected chi connectivity index (χ1v) is 6.30. The second-order valence-electron chi connectivity index (χ2n) is 3.59. The van der Waals surface area contributed by atoms with Crippen molar-refractivity contribution in [3.8, 4) is 0 Å². The number of aryl methyl sites for hydroxylation is 1. The van der Waals surface area contributed by atoms with E-state index in [2.05, 4.69) is 29.7 Å². The van der Waals surface area contributed by atoms with Crippen LogP contribution in [-0.4, -0.2) is 18.1 Å². The van der Waals surface area contributed by atoms with Gasteiger partial charge < -0.3 is 5.32 Å². The van der Waals surface area contributed by atoms with E-state index in [9.17, 15) is 0 Å². The maximum absolute atomic E-state index is 4.28. The molecule has 1 N–H and O–H groups in total. The zero-order valence-electron chi connectivity index (χ0n) is 9.12. The summed E-state index contributed by atoms with van der Waals surface area (Å²) in [7, 11) is 2.06. The van der Waals surface area contributed by atoms with Crippen LogP contribution in [0, 0.1) is 0 Å². The van der Waals surface area contributed by atoms with Crippen molar-refractivity contribution in [1.29, 1.82) is 0 Å². The highest BCUT2D eigenvalue weighted by atomic mass is 32.1. The lowest BCUT2D eigenvalue weighted by molar-refractivity contribution is 0.469. The average Bonchev–Trinajstić information content (AvgIpc) is 2.69. The van der Waals surface area contributed by atoms with Gasteiger partial charge in [0, 0.05) is 17.6 Å². The van der Waals surface area contributed by atoms with Gasteiger partial charge in [0.2, 0.25) is 0 Å². The molecule has 1 rings (SSSR count). The highest BCUT2D eigenvalue weighted by Crippen LogP contribution is 2.11. The summed E-state index contributed by atoms with van der Waals surface area (Å²) >= 11 is 1.76. The number of nitrogens with zero attached hydrogens (tertiary/aromatic N) is 1. The molecule has 0 aliphatic rings. The van der Waals surface area contributed by atoms with Crippen LogP contribution in [0.3, 0.4) is 0 Å². The Hall–Kier alpha value is -0.410. The van der Waals surface area contributed by atoms with Gasteiger partial charge in [0.25, 0.3) is 0 Å². The molecule has 0 amide bonds. The third kappa shape index (κ3) is 4.20. The van der Waals surface area contributed by atoms with E-state index in [0.717, 1.165) is 6.42 Å². The van der Waals surface area contributed by atoms with E-state index >= 15 is 0 Å². The Balaban J connectivity index is 2.13. The molecule has 0 fully saturated rings. The van der Waals surface area contributed by atoms with Crippen LogP contribution >= 0.6 is 11.3 Å². The lowest BCUT2D eigenvalue weighted by Gasteiger charge is -2.14. The largest absolute Gasteiger partial charge is 0.317 e. The van der Waals surface area contributed by atoms with E-state index in [1.54, 1.807) is 11.3 Å². The van der Waals surface area contributed by atoms with E-state index in [-0.39, 0.29) is 0 Å². The van der Waals surface area contributed by atoms with Crippen molar-refractivity contribution in [2.75, 3.05) is 7.05 Å². The van der Waals surface area contributed by atoms with E-state index in [0.29, 0.717) is 6.04 Å². The second kappa shape index (κ2) is 6.96. The first-order valence-electron chi connectivity index (χ1n) is 5.42. The Bertz CT molecular complexity index is 221. The van der Waals surface area contributed by atoms with E-state index in [1.165, 1.54) is 30.7 Å². The minimum atomic E-state index is 0.694. The van der Waals surface area contributed by atoms with Crippen LogP contribution in [0.15, 0.2) is 11.6 Å². The molecule has 80 valence electrons. The maximum Gasteiger partial charge on any atom is 0.0924 e. The predicted molar refractivity (Wildman–Crippen MR) is 62.8 cm³/mol. The van der Waals surface area contributed by atoms with Crippen molar-refractivity contribution in [3.05, 3.63) is 16.6 Å². The Kier molecular flexibility index (Phi) is 5.80. The number of aromatic nitrogens is 1. The van der Waals surface area contributed by atoms with Crippen molar-refractivity contribution < 1.29 is 0 Å². The Morgan fingerprint density at radius 1 is 1.50 bits per heavy atom. The predicted octanol–water partition coefficient (Wildman–Crippen LogP) is 2.85. The summed E-state index contributed by atoms with van der Waals surface area (Å²) in [4.78, 5) is 4.28. The molecular formula is C11H20N2S. The quantitative estimate of drug-likeness (QED) is 0.752. The maximum atomic E-state index is 4.28. The van der Waals surface area contributed by atoms with Gasteiger partial charge >= 0.3 is 0 Å².